The number of piperidine rings is 1. The Morgan fingerprint density at radius 3 is 2.58 bits per heavy atom. The number of nitrogens with zero attached hydrogens (tertiary/aromatic N) is 2. The van der Waals surface area contributed by atoms with E-state index in [0.29, 0.717) is 32.5 Å². The summed E-state index contributed by atoms with van der Waals surface area (Å²) in [6.45, 7) is -1.55. The zero-order chi connectivity index (χ0) is 32.9. The van der Waals surface area contributed by atoms with Gasteiger partial charge in [-0.05, 0) is 48.7 Å². The van der Waals surface area contributed by atoms with E-state index in [9.17, 15) is 35.2 Å². The maximum Gasteiger partial charge on any atom is 0.419 e. The molecule has 2 heterocycles. The van der Waals surface area contributed by atoms with Crippen molar-refractivity contribution in [3.8, 4) is 17.2 Å². The fraction of sp³-hybridized carbons (Fsp3) is 0.483. The van der Waals surface area contributed by atoms with E-state index in [1.165, 1.54) is 26.2 Å². The normalized spacial score (nSPS) is 17.5. The Morgan fingerprint density at radius 1 is 1.18 bits per heavy atom. The number of fused-ring (bicyclic) bond motifs is 1. The van der Waals surface area contributed by atoms with Gasteiger partial charge in [-0.25, -0.2) is 17.9 Å². The highest BCUT2D eigenvalue weighted by Gasteiger charge is 2.35. The summed E-state index contributed by atoms with van der Waals surface area (Å²) in [5.74, 6) is -2.37. The Bertz CT molecular complexity index is 1510. The molecule has 9 nitrogen and oxygen atoms in total. The highest BCUT2D eigenvalue weighted by atomic mass is 32.2. The van der Waals surface area contributed by atoms with Gasteiger partial charge in [0, 0.05) is 39.3 Å². The van der Waals surface area contributed by atoms with Crippen molar-refractivity contribution in [2.45, 2.75) is 31.7 Å². The molecule has 1 amide bonds. The lowest BCUT2D eigenvalue weighted by Gasteiger charge is -2.33. The van der Waals surface area contributed by atoms with Gasteiger partial charge < -0.3 is 14.2 Å². The van der Waals surface area contributed by atoms with Crippen LogP contribution >= 0.6 is 0 Å². The molecule has 1 N–H and O–H groups in total. The van der Waals surface area contributed by atoms with Gasteiger partial charge in [0.25, 0.3) is 0 Å². The summed E-state index contributed by atoms with van der Waals surface area (Å²) in [5, 5.41) is 0. The lowest BCUT2D eigenvalue weighted by Crippen LogP contribution is -2.47. The van der Waals surface area contributed by atoms with E-state index in [4.69, 9.17) is 14.2 Å². The number of halogens is 6. The first kappa shape index (κ1) is 34.4. The Labute approximate surface area is 256 Å². The maximum atomic E-state index is 15.1. The number of likely N-dealkylation sites (tertiary alicyclic amines) is 1. The first-order valence-electron chi connectivity index (χ1n) is 13.9. The number of hydrogen-bond donors (Lipinski definition) is 1. The molecule has 1 saturated heterocycles. The van der Waals surface area contributed by atoms with E-state index in [0.717, 1.165) is 28.1 Å². The number of benzene rings is 2. The molecule has 0 saturated carbocycles. The van der Waals surface area contributed by atoms with Crippen LogP contribution in [0.15, 0.2) is 35.9 Å². The van der Waals surface area contributed by atoms with E-state index in [1.54, 1.807) is 6.08 Å². The van der Waals surface area contributed by atoms with Crippen molar-refractivity contribution >= 4 is 22.2 Å². The van der Waals surface area contributed by atoms with E-state index in [2.05, 4.69) is 4.72 Å². The van der Waals surface area contributed by atoms with Crippen LogP contribution in [-0.4, -0.2) is 83.3 Å². The number of amides is 1. The van der Waals surface area contributed by atoms with Crippen LogP contribution in [0.4, 0.5) is 26.3 Å². The van der Waals surface area contributed by atoms with Crippen molar-refractivity contribution in [1.82, 2.24) is 13.9 Å². The third kappa shape index (κ3) is 8.82. The Kier molecular flexibility index (Phi) is 10.9. The quantitative estimate of drug-likeness (QED) is 0.333. The van der Waals surface area contributed by atoms with Crippen LogP contribution < -0.4 is 18.9 Å². The zero-order valence-corrected chi connectivity index (χ0v) is 25.3. The van der Waals surface area contributed by atoms with Crippen molar-refractivity contribution in [2.24, 2.45) is 5.92 Å². The predicted molar refractivity (Wildman–Crippen MR) is 152 cm³/mol. The molecule has 0 unspecified atom stereocenters. The molecule has 248 valence electrons. The molecule has 45 heavy (non-hydrogen) atoms. The smallest absolute Gasteiger partial charge is 0.419 e. The van der Waals surface area contributed by atoms with Gasteiger partial charge in [0.1, 0.15) is 49.6 Å². The van der Waals surface area contributed by atoms with Gasteiger partial charge in [-0.1, -0.05) is 6.07 Å². The SMILES string of the molecule is CN(C)S(=O)(=O)NC(=O)[C@@H]1CCCN(CC2=Cc3c(F)cc(OCc4ccc(OC(CF)CF)c(C(F)(F)F)c4)cc3OC2)C1. The molecule has 1 fully saturated rings. The van der Waals surface area contributed by atoms with Crippen LogP contribution in [0.25, 0.3) is 6.08 Å². The number of carbonyl (C=O) groups excluding carboxylic acids is 1. The minimum absolute atomic E-state index is 0.00414. The molecular weight excluding hydrogens is 632 g/mol. The fourth-order valence-electron chi connectivity index (χ4n) is 4.86. The summed E-state index contributed by atoms with van der Waals surface area (Å²) in [6, 6.07) is 5.41. The first-order chi connectivity index (χ1) is 21.2. The van der Waals surface area contributed by atoms with Gasteiger partial charge in [0.05, 0.1) is 17.0 Å². The minimum atomic E-state index is -4.87. The van der Waals surface area contributed by atoms with Crippen molar-refractivity contribution in [3.63, 3.8) is 0 Å². The molecule has 2 aliphatic heterocycles. The molecule has 0 spiro atoms. The summed E-state index contributed by atoms with van der Waals surface area (Å²) in [7, 11) is -1.28. The number of rotatable bonds is 12. The second-order valence-corrected chi connectivity index (χ2v) is 12.8. The van der Waals surface area contributed by atoms with Crippen LogP contribution in [0.3, 0.4) is 0 Å². The van der Waals surface area contributed by atoms with Crippen molar-refractivity contribution in [1.29, 1.82) is 0 Å². The first-order valence-corrected chi connectivity index (χ1v) is 15.4. The van der Waals surface area contributed by atoms with Gasteiger partial charge >= 0.3 is 16.4 Å². The molecule has 1 atom stereocenters. The molecule has 0 bridgehead atoms. The Balaban J connectivity index is 1.41. The van der Waals surface area contributed by atoms with E-state index < -0.39 is 64.8 Å². The second kappa shape index (κ2) is 14.3. The molecular formula is C29H33F6N3O6S. The van der Waals surface area contributed by atoms with Gasteiger partial charge in [0.2, 0.25) is 5.91 Å². The third-order valence-corrected chi connectivity index (χ3v) is 8.65. The topological polar surface area (TPSA) is 97.4 Å². The molecule has 0 aliphatic carbocycles. The summed E-state index contributed by atoms with van der Waals surface area (Å²) >= 11 is 0. The van der Waals surface area contributed by atoms with Gasteiger partial charge in [0.15, 0.2) is 6.10 Å². The van der Waals surface area contributed by atoms with Crippen LogP contribution in [-0.2, 0) is 27.8 Å². The van der Waals surface area contributed by atoms with Gasteiger partial charge in [-0.2, -0.15) is 25.9 Å². The molecule has 16 heteroatoms. The molecule has 4 rings (SSSR count). The standard InChI is InChI=1S/C29H33F6N3O6S/c1-37(2)45(40,41)36-28(39)20-4-3-7-38(15-20)14-19-8-23-25(32)10-21(11-27(23)43-17-19)42-16-18-5-6-26(44-22(12-30)13-31)24(9-18)29(33,34)35/h5-6,8-11,20,22H,3-4,7,12-17H2,1-2H3,(H,36,39)/t20-/m1/s1. The monoisotopic (exact) mass is 665 g/mol. The van der Waals surface area contributed by atoms with Gasteiger partial charge in [-0.3, -0.25) is 9.69 Å². The fourth-order valence-corrected chi connectivity index (χ4v) is 5.47. The minimum Gasteiger partial charge on any atom is -0.489 e. The zero-order valence-electron chi connectivity index (χ0n) is 24.5. The number of alkyl halides is 5. The highest BCUT2D eigenvalue weighted by Crippen LogP contribution is 2.38. The number of nitrogens with one attached hydrogen (secondary N) is 1. The molecule has 0 aromatic heterocycles. The summed E-state index contributed by atoms with van der Waals surface area (Å²) < 4.78 is 125. The lowest BCUT2D eigenvalue weighted by atomic mass is 9.96. The molecule has 2 aromatic carbocycles. The van der Waals surface area contributed by atoms with Crippen molar-refractivity contribution in [2.75, 3.05) is 53.7 Å². The van der Waals surface area contributed by atoms with E-state index >= 15 is 4.39 Å². The van der Waals surface area contributed by atoms with Crippen molar-refractivity contribution in [3.05, 3.63) is 58.4 Å². The number of carbonyl (C=O) groups is 1. The van der Waals surface area contributed by atoms with E-state index in [-0.39, 0.29) is 35.8 Å². The largest absolute Gasteiger partial charge is 0.489 e. The van der Waals surface area contributed by atoms with E-state index in [1.807, 2.05) is 4.90 Å². The summed E-state index contributed by atoms with van der Waals surface area (Å²) in [6.07, 6.45) is -3.73. The Hall–Kier alpha value is -3.50. The third-order valence-electron chi connectivity index (χ3n) is 7.23. The maximum absolute atomic E-state index is 15.1. The highest BCUT2D eigenvalue weighted by molar-refractivity contribution is 7.87. The number of hydrogen-bond acceptors (Lipinski definition) is 7. The van der Waals surface area contributed by atoms with Crippen LogP contribution in [0.5, 0.6) is 17.2 Å². The average molecular weight is 666 g/mol. The van der Waals surface area contributed by atoms with Gasteiger partial charge in [-0.15, -0.1) is 0 Å². The van der Waals surface area contributed by atoms with Crippen LogP contribution in [0.1, 0.15) is 29.5 Å². The van der Waals surface area contributed by atoms with Crippen LogP contribution in [0.2, 0.25) is 0 Å². The Morgan fingerprint density at radius 2 is 1.91 bits per heavy atom. The molecule has 2 aliphatic rings. The second-order valence-electron chi connectivity index (χ2n) is 10.9. The molecule has 2 aromatic rings. The predicted octanol–water partition coefficient (Wildman–Crippen LogP) is 4.52. The summed E-state index contributed by atoms with van der Waals surface area (Å²) in [5.41, 5.74) is -0.293. The lowest BCUT2D eigenvalue weighted by molar-refractivity contribution is -0.139. The molecule has 0 radical (unpaired) electrons. The van der Waals surface area contributed by atoms with Crippen molar-refractivity contribution < 1.29 is 53.8 Å². The average Bonchev–Trinajstić information content (AvgIpc) is 2.98. The summed E-state index contributed by atoms with van der Waals surface area (Å²) in [4.78, 5) is 14.5. The number of ether oxygens (including phenoxy) is 3. The van der Waals surface area contributed by atoms with Crippen LogP contribution in [0, 0.1) is 11.7 Å².